The van der Waals surface area contributed by atoms with Crippen LogP contribution in [-0.4, -0.2) is 45.1 Å². The van der Waals surface area contributed by atoms with Crippen LogP contribution in [0, 0.1) is 5.82 Å². The van der Waals surface area contributed by atoms with Crippen LogP contribution in [-0.2, 0) is 17.8 Å². The Hall–Kier alpha value is -3.26. The van der Waals surface area contributed by atoms with Crippen LogP contribution in [0.15, 0.2) is 47.4 Å². The Bertz CT molecular complexity index is 1110. The first-order chi connectivity index (χ1) is 14.8. The molecule has 1 aliphatic carbocycles. The molecule has 0 unspecified atom stereocenters. The number of aliphatic hydroxyl groups excluding tert-OH is 1. The number of carbonyl (C=O) groups excluding carboxylic acids is 2. The SMILES string of the molecule is CC(=O)N1CCc2c(cn(-c3ccc(F)cc3)c(=O)c2C(=O)NC2(CO)CC=CC2)C1. The van der Waals surface area contributed by atoms with E-state index in [2.05, 4.69) is 5.32 Å². The molecule has 0 saturated carbocycles. The lowest BCUT2D eigenvalue weighted by molar-refractivity contribution is -0.129. The van der Waals surface area contributed by atoms with E-state index >= 15 is 0 Å². The molecular formula is C23H24FN3O4. The normalized spacial score (nSPS) is 16.8. The minimum absolute atomic E-state index is 0.00440. The maximum atomic E-state index is 13.4. The minimum Gasteiger partial charge on any atom is -0.394 e. The van der Waals surface area contributed by atoms with Gasteiger partial charge >= 0.3 is 0 Å². The molecule has 2 aliphatic rings. The van der Waals surface area contributed by atoms with Gasteiger partial charge in [-0.1, -0.05) is 12.2 Å². The van der Waals surface area contributed by atoms with Crippen LogP contribution in [0.5, 0.6) is 0 Å². The van der Waals surface area contributed by atoms with Gasteiger partial charge in [0.2, 0.25) is 5.91 Å². The first-order valence-electron chi connectivity index (χ1n) is 10.2. The summed E-state index contributed by atoms with van der Waals surface area (Å²) in [6.45, 7) is 1.92. The minimum atomic E-state index is -0.826. The first kappa shape index (κ1) is 21.0. The smallest absolute Gasteiger partial charge is 0.268 e. The topological polar surface area (TPSA) is 91.6 Å². The highest BCUT2D eigenvalue weighted by atomic mass is 19.1. The molecule has 7 nitrogen and oxygen atoms in total. The molecule has 1 aromatic carbocycles. The highest BCUT2D eigenvalue weighted by Crippen LogP contribution is 2.26. The van der Waals surface area contributed by atoms with Gasteiger partial charge < -0.3 is 15.3 Å². The molecule has 0 saturated heterocycles. The van der Waals surface area contributed by atoms with Crippen molar-refractivity contribution >= 4 is 11.8 Å². The third kappa shape index (κ3) is 3.90. The van der Waals surface area contributed by atoms with Crippen LogP contribution in [0.4, 0.5) is 4.39 Å². The summed E-state index contributed by atoms with van der Waals surface area (Å²) in [7, 11) is 0. The number of hydrogen-bond acceptors (Lipinski definition) is 4. The van der Waals surface area contributed by atoms with E-state index in [4.69, 9.17) is 0 Å². The second-order valence-corrected chi connectivity index (χ2v) is 8.12. The number of carbonyl (C=O) groups is 2. The van der Waals surface area contributed by atoms with E-state index in [9.17, 15) is 23.9 Å². The van der Waals surface area contributed by atoms with Crippen molar-refractivity contribution in [3.63, 3.8) is 0 Å². The van der Waals surface area contributed by atoms with E-state index in [1.165, 1.54) is 35.8 Å². The van der Waals surface area contributed by atoms with Crippen LogP contribution in [0.1, 0.15) is 41.3 Å². The maximum absolute atomic E-state index is 13.4. The number of rotatable bonds is 4. The highest BCUT2D eigenvalue weighted by Gasteiger charge is 2.35. The Balaban J connectivity index is 1.83. The Labute approximate surface area is 178 Å². The molecule has 0 fully saturated rings. The Morgan fingerprint density at radius 3 is 2.48 bits per heavy atom. The molecule has 162 valence electrons. The third-order valence-corrected chi connectivity index (χ3v) is 6.04. The lowest BCUT2D eigenvalue weighted by Crippen LogP contribution is -2.51. The van der Waals surface area contributed by atoms with Gasteiger partial charge in [0.15, 0.2) is 0 Å². The van der Waals surface area contributed by atoms with Crippen molar-refractivity contribution < 1.29 is 19.1 Å². The highest BCUT2D eigenvalue weighted by molar-refractivity contribution is 5.96. The van der Waals surface area contributed by atoms with E-state index in [0.717, 1.165) is 0 Å². The maximum Gasteiger partial charge on any atom is 0.268 e. The van der Waals surface area contributed by atoms with E-state index in [1.54, 1.807) is 11.1 Å². The lowest BCUT2D eigenvalue weighted by Gasteiger charge is -2.31. The average molecular weight is 425 g/mol. The Morgan fingerprint density at radius 1 is 1.19 bits per heavy atom. The summed E-state index contributed by atoms with van der Waals surface area (Å²) in [5.41, 5.74) is 0.383. The van der Waals surface area contributed by atoms with Crippen LogP contribution >= 0.6 is 0 Å². The van der Waals surface area contributed by atoms with Gasteiger partial charge in [0.25, 0.3) is 11.5 Å². The summed E-state index contributed by atoms with van der Waals surface area (Å²) in [6, 6.07) is 5.42. The predicted molar refractivity (Wildman–Crippen MR) is 112 cm³/mol. The summed E-state index contributed by atoms with van der Waals surface area (Å²) < 4.78 is 14.7. The zero-order valence-electron chi connectivity index (χ0n) is 17.2. The molecular weight excluding hydrogens is 401 g/mol. The standard InChI is InChI=1S/C23H24FN3O4/c1-15(29)26-11-8-19-16(12-26)13-27(18-6-4-17(24)5-7-18)22(31)20(19)21(30)25-23(14-28)9-2-3-10-23/h2-7,13,28H,8-12,14H2,1H3,(H,25,30). The summed E-state index contributed by atoms with van der Waals surface area (Å²) in [5.74, 6) is -1.08. The molecule has 8 heteroatoms. The molecule has 0 bridgehead atoms. The van der Waals surface area contributed by atoms with E-state index in [-0.39, 0.29) is 24.6 Å². The number of halogens is 1. The molecule has 1 aromatic heterocycles. The van der Waals surface area contributed by atoms with Gasteiger partial charge in [-0.3, -0.25) is 19.0 Å². The van der Waals surface area contributed by atoms with E-state index in [0.29, 0.717) is 42.6 Å². The van der Waals surface area contributed by atoms with Crippen molar-refractivity contribution in [2.45, 2.75) is 38.3 Å². The molecule has 4 rings (SSSR count). The summed E-state index contributed by atoms with van der Waals surface area (Å²) in [5, 5.41) is 12.7. The molecule has 0 radical (unpaired) electrons. The number of aliphatic hydroxyl groups is 1. The van der Waals surface area contributed by atoms with Gasteiger partial charge in [-0.15, -0.1) is 0 Å². The molecule has 0 spiro atoms. The number of aromatic nitrogens is 1. The largest absolute Gasteiger partial charge is 0.394 e. The Kier molecular flexibility index (Phi) is 5.49. The van der Waals surface area contributed by atoms with Gasteiger partial charge in [0.05, 0.1) is 12.1 Å². The van der Waals surface area contributed by atoms with Crippen LogP contribution in [0.2, 0.25) is 0 Å². The quantitative estimate of drug-likeness (QED) is 0.730. The number of hydrogen-bond donors (Lipinski definition) is 2. The fourth-order valence-electron chi connectivity index (χ4n) is 4.23. The number of fused-ring (bicyclic) bond motifs is 1. The van der Waals surface area contributed by atoms with Crippen molar-refractivity contribution in [1.29, 1.82) is 0 Å². The van der Waals surface area contributed by atoms with Gasteiger partial charge in [-0.05, 0) is 54.7 Å². The molecule has 2 amide bonds. The number of amides is 2. The van der Waals surface area contributed by atoms with Crippen molar-refractivity contribution in [1.82, 2.24) is 14.8 Å². The number of nitrogens with zero attached hydrogens (tertiary/aromatic N) is 2. The zero-order chi connectivity index (χ0) is 22.2. The van der Waals surface area contributed by atoms with E-state index < -0.39 is 22.8 Å². The van der Waals surface area contributed by atoms with Crippen molar-refractivity contribution in [2.24, 2.45) is 0 Å². The van der Waals surface area contributed by atoms with Gasteiger partial charge in [-0.2, -0.15) is 0 Å². The van der Waals surface area contributed by atoms with Crippen LogP contribution in [0.3, 0.4) is 0 Å². The van der Waals surface area contributed by atoms with E-state index in [1.807, 2.05) is 12.2 Å². The van der Waals surface area contributed by atoms with Crippen molar-refractivity contribution in [2.75, 3.05) is 13.2 Å². The predicted octanol–water partition coefficient (Wildman–Crippen LogP) is 1.69. The molecule has 1 aliphatic heterocycles. The van der Waals surface area contributed by atoms with Crippen molar-refractivity contribution in [3.05, 3.63) is 75.5 Å². The summed E-state index contributed by atoms with van der Waals surface area (Å²) in [4.78, 5) is 40.3. The van der Waals surface area contributed by atoms with Crippen LogP contribution < -0.4 is 10.9 Å². The van der Waals surface area contributed by atoms with Gasteiger partial charge in [0, 0.05) is 31.9 Å². The Morgan fingerprint density at radius 2 is 1.87 bits per heavy atom. The summed E-state index contributed by atoms with van der Waals surface area (Å²) in [6.07, 6.45) is 6.73. The fraction of sp³-hybridized carbons (Fsp3) is 0.348. The second-order valence-electron chi connectivity index (χ2n) is 8.12. The molecule has 2 aromatic rings. The monoisotopic (exact) mass is 425 g/mol. The molecule has 0 atom stereocenters. The molecule has 2 N–H and O–H groups in total. The van der Waals surface area contributed by atoms with Gasteiger partial charge in [0.1, 0.15) is 11.4 Å². The number of pyridine rings is 1. The van der Waals surface area contributed by atoms with Crippen LogP contribution in [0.25, 0.3) is 5.69 Å². The van der Waals surface area contributed by atoms with Crippen molar-refractivity contribution in [3.8, 4) is 5.69 Å². The lowest BCUT2D eigenvalue weighted by atomic mass is 9.93. The summed E-state index contributed by atoms with van der Waals surface area (Å²) >= 11 is 0. The first-order valence-corrected chi connectivity index (χ1v) is 10.2. The third-order valence-electron chi connectivity index (χ3n) is 6.04. The zero-order valence-corrected chi connectivity index (χ0v) is 17.2. The van der Waals surface area contributed by atoms with Gasteiger partial charge in [-0.25, -0.2) is 4.39 Å². The average Bonchev–Trinajstić information content (AvgIpc) is 3.22. The number of nitrogens with one attached hydrogen (secondary N) is 1. The second kappa shape index (κ2) is 8.11. The fourth-order valence-corrected chi connectivity index (χ4v) is 4.23. The molecule has 31 heavy (non-hydrogen) atoms. The molecule has 2 heterocycles. The number of benzene rings is 1.